The van der Waals surface area contributed by atoms with Crippen LogP contribution in [0.4, 0.5) is 9.52 Å². The van der Waals surface area contributed by atoms with Crippen molar-refractivity contribution < 1.29 is 13.9 Å². The molecule has 0 fully saturated rings. The largest absolute Gasteiger partial charge is 0.497 e. The van der Waals surface area contributed by atoms with E-state index in [4.69, 9.17) is 4.74 Å². The average Bonchev–Trinajstić information content (AvgIpc) is 3.08. The zero-order valence-electron chi connectivity index (χ0n) is 16.3. The predicted molar refractivity (Wildman–Crippen MR) is 112 cm³/mol. The third-order valence-corrected chi connectivity index (χ3v) is 5.41. The van der Waals surface area contributed by atoms with E-state index in [1.807, 2.05) is 38.4 Å². The van der Waals surface area contributed by atoms with Crippen LogP contribution in [0, 0.1) is 5.82 Å². The Balaban J connectivity index is 1.82. The van der Waals surface area contributed by atoms with Gasteiger partial charge in [-0.05, 0) is 63.0 Å². The van der Waals surface area contributed by atoms with Crippen LogP contribution in [0.2, 0.25) is 0 Å². The molecule has 0 aliphatic carbocycles. The molecule has 0 atom stereocenters. The number of benzene rings is 2. The van der Waals surface area contributed by atoms with Crippen LogP contribution in [-0.2, 0) is 11.2 Å². The van der Waals surface area contributed by atoms with E-state index >= 15 is 0 Å². The van der Waals surface area contributed by atoms with Crippen molar-refractivity contribution in [2.24, 2.45) is 0 Å². The first kappa shape index (κ1) is 20.2. The van der Waals surface area contributed by atoms with Crippen LogP contribution in [-0.4, -0.2) is 50.1 Å². The van der Waals surface area contributed by atoms with Gasteiger partial charge in [-0.1, -0.05) is 23.5 Å². The maximum Gasteiger partial charge on any atom is 0.233 e. The van der Waals surface area contributed by atoms with Crippen LogP contribution in [0.5, 0.6) is 5.75 Å². The summed E-state index contributed by atoms with van der Waals surface area (Å²) in [6.07, 6.45) is 1.10. The lowest BCUT2D eigenvalue weighted by Gasteiger charge is -2.21. The van der Waals surface area contributed by atoms with Gasteiger partial charge in [0, 0.05) is 6.54 Å². The standard InChI is InChI=1S/C21H24FN3O2S/c1-24(2)11-4-12-25(20(26)13-15-5-8-17(27-3)9-6-15)21-23-18-10-7-16(22)14-19(18)28-21/h5-10,14H,4,11-13H2,1-3H3. The highest BCUT2D eigenvalue weighted by molar-refractivity contribution is 7.22. The summed E-state index contributed by atoms with van der Waals surface area (Å²) in [6, 6.07) is 12.0. The summed E-state index contributed by atoms with van der Waals surface area (Å²) in [5.74, 6) is 0.433. The molecule has 0 aliphatic rings. The Morgan fingerprint density at radius 1 is 1.14 bits per heavy atom. The predicted octanol–water partition coefficient (Wildman–Crippen LogP) is 3.97. The molecule has 2 aromatic carbocycles. The van der Waals surface area contributed by atoms with Crippen molar-refractivity contribution in [3.63, 3.8) is 0 Å². The van der Waals surface area contributed by atoms with Crippen LogP contribution in [0.25, 0.3) is 10.2 Å². The van der Waals surface area contributed by atoms with E-state index < -0.39 is 0 Å². The number of anilines is 1. The Labute approximate surface area is 168 Å². The van der Waals surface area contributed by atoms with E-state index in [9.17, 15) is 9.18 Å². The minimum atomic E-state index is -0.300. The van der Waals surface area contributed by atoms with Crippen molar-refractivity contribution in [2.45, 2.75) is 12.8 Å². The number of rotatable bonds is 8. The Morgan fingerprint density at radius 3 is 2.57 bits per heavy atom. The van der Waals surface area contributed by atoms with E-state index in [0.29, 0.717) is 17.2 Å². The van der Waals surface area contributed by atoms with Crippen molar-refractivity contribution in [3.05, 3.63) is 53.8 Å². The fourth-order valence-electron chi connectivity index (χ4n) is 2.89. The zero-order valence-corrected chi connectivity index (χ0v) is 17.1. The van der Waals surface area contributed by atoms with Crippen LogP contribution < -0.4 is 9.64 Å². The number of amides is 1. The molecular weight excluding hydrogens is 377 g/mol. The SMILES string of the molecule is COc1ccc(CC(=O)N(CCCN(C)C)c2nc3ccc(F)cc3s2)cc1. The summed E-state index contributed by atoms with van der Waals surface area (Å²) in [5, 5.41) is 0.609. The molecule has 0 N–H and O–H groups in total. The quantitative estimate of drug-likeness (QED) is 0.573. The van der Waals surface area contributed by atoms with Gasteiger partial charge in [0.2, 0.25) is 5.91 Å². The number of fused-ring (bicyclic) bond motifs is 1. The number of hydrogen-bond acceptors (Lipinski definition) is 5. The fraction of sp³-hybridized carbons (Fsp3) is 0.333. The van der Waals surface area contributed by atoms with Crippen LogP contribution in [0.3, 0.4) is 0 Å². The van der Waals surface area contributed by atoms with Crippen molar-refractivity contribution in [1.82, 2.24) is 9.88 Å². The lowest BCUT2D eigenvalue weighted by Crippen LogP contribution is -2.34. The molecule has 0 saturated carbocycles. The number of ether oxygens (including phenoxy) is 1. The van der Waals surface area contributed by atoms with Gasteiger partial charge in [0.25, 0.3) is 0 Å². The maximum absolute atomic E-state index is 13.5. The van der Waals surface area contributed by atoms with E-state index in [-0.39, 0.29) is 18.1 Å². The second-order valence-electron chi connectivity index (χ2n) is 6.84. The van der Waals surface area contributed by atoms with E-state index in [1.54, 1.807) is 18.1 Å². The highest BCUT2D eigenvalue weighted by atomic mass is 32.1. The lowest BCUT2D eigenvalue weighted by molar-refractivity contribution is -0.118. The minimum Gasteiger partial charge on any atom is -0.497 e. The summed E-state index contributed by atoms with van der Waals surface area (Å²) >= 11 is 1.34. The van der Waals surface area contributed by atoms with Gasteiger partial charge in [-0.2, -0.15) is 0 Å². The molecule has 0 saturated heterocycles. The molecule has 1 amide bonds. The molecule has 28 heavy (non-hydrogen) atoms. The number of thiazole rings is 1. The summed E-state index contributed by atoms with van der Waals surface area (Å²) < 4.78 is 19.4. The van der Waals surface area contributed by atoms with Gasteiger partial charge in [0.05, 0.1) is 23.7 Å². The number of halogens is 1. The summed E-state index contributed by atoms with van der Waals surface area (Å²) in [7, 11) is 5.62. The number of hydrogen-bond donors (Lipinski definition) is 0. The van der Waals surface area contributed by atoms with Gasteiger partial charge in [-0.15, -0.1) is 0 Å². The third-order valence-electron chi connectivity index (χ3n) is 4.37. The number of nitrogens with zero attached hydrogens (tertiary/aromatic N) is 3. The summed E-state index contributed by atoms with van der Waals surface area (Å²) in [6.45, 7) is 1.43. The highest BCUT2D eigenvalue weighted by Gasteiger charge is 2.20. The molecule has 3 rings (SSSR count). The second-order valence-corrected chi connectivity index (χ2v) is 7.84. The smallest absolute Gasteiger partial charge is 0.233 e. The lowest BCUT2D eigenvalue weighted by atomic mass is 10.1. The molecule has 148 valence electrons. The number of aromatic nitrogens is 1. The van der Waals surface area contributed by atoms with Gasteiger partial charge in [-0.25, -0.2) is 9.37 Å². The third kappa shape index (κ3) is 5.05. The molecule has 0 bridgehead atoms. The van der Waals surface area contributed by atoms with Gasteiger partial charge in [0.1, 0.15) is 11.6 Å². The topological polar surface area (TPSA) is 45.7 Å². The Hall–Kier alpha value is -2.51. The van der Waals surface area contributed by atoms with Crippen molar-refractivity contribution >= 4 is 32.6 Å². The van der Waals surface area contributed by atoms with Gasteiger partial charge in [0.15, 0.2) is 5.13 Å². The first-order valence-corrected chi connectivity index (χ1v) is 9.92. The molecule has 7 heteroatoms. The first-order chi connectivity index (χ1) is 13.5. The molecule has 3 aromatic rings. The summed E-state index contributed by atoms with van der Waals surface area (Å²) in [5.41, 5.74) is 1.62. The van der Waals surface area contributed by atoms with Crippen molar-refractivity contribution in [2.75, 3.05) is 39.2 Å². The molecule has 0 unspecified atom stereocenters. The average molecular weight is 402 g/mol. The van der Waals surface area contributed by atoms with Crippen molar-refractivity contribution in [3.8, 4) is 5.75 Å². The normalized spacial score (nSPS) is 11.2. The van der Waals surface area contributed by atoms with E-state index in [1.165, 1.54) is 23.5 Å². The Bertz CT molecular complexity index is 940. The fourth-order valence-corrected chi connectivity index (χ4v) is 3.92. The number of carbonyl (C=O) groups is 1. The molecular formula is C21H24FN3O2S. The molecule has 1 aromatic heterocycles. The first-order valence-electron chi connectivity index (χ1n) is 9.10. The Morgan fingerprint density at radius 2 is 1.89 bits per heavy atom. The summed E-state index contributed by atoms with van der Waals surface area (Å²) in [4.78, 5) is 21.4. The number of carbonyl (C=O) groups excluding carboxylic acids is 1. The van der Waals surface area contributed by atoms with Gasteiger partial charge >= 0.3 is 0 Å². The van der Waals surface area contributed by atoms with Crippen LogP contribution in [0.15, 0.2) is 42.5 Å². The monoisotopic (exact) mass is 401 g/mol. The second kappa shape index (κ2) is 9.12. The molecule has 1 heterocycles. The van der Waals surface area contributed by atoms with Gasteiger partial charge in [-0.3, -0.25) is 9.69 Å². The van der Waals surface area contributed by atoms with Gasteiger partial charge < -0.3 is 9.64 Å². The molecule has 0 radical (unpaired) electrons. The van der Waals surface area contributed by atoms with E-state index in [2.05, 4.69) is 9.88 Å². The number of methoxy groups -OCH3 is 1. The van der Waals surface area contributed by atoms with Crippen molar-refractivity contribution in [1.29, 1.82) is 0 Å². The van der Waals surface area contributed by atoms with Crippen LogP contribution >= 0.6 is 11.3 Å². The molecule has 0 spiro atoms. The Kier molecular flexibility index (Phi) is 6.59. The minimum absolute atomic E-state index is 0.0246. The van der Waals surface area contributed by atoms with Crippen LogP contribution in [0.1, 0.15) is 12.0 Å². The molecule has 5 nitrogen and oxygen atoms in total. The zero-order chi connectivity index (χ0) is 20.1. The van der Waals surface area contributed by atoms with E-state index in [0.717, 1.165) is 29.0 Å². The maximum atomic E-state index is 13.5. The molecule has 0 aliphatic heterocycles. The highest BCUT2D eigenvalue weighted by Crippen LogP contribution is 2.30.